The fourth-order valence-electron chi connectivity index (χ4n) is 3.91. The monoisotopic (exact) mass is 413 g/mol. The van der Waals surface area contributed by atoms with Gasteiger partial charge >= 0.3 is 6.03 Å². The maximum absolute atomic E-state index is 12.5. The first kappa shape index (κ1) is 22.0. The van der Waals surface area contributed by atoms with E-state index in [9.17, 15) is 14.4 Å². The highest BCUT2D eigenvalue weighted by atomic mass is 16.2. The first-order chi connectivity index (χ1) is 14.3. The van der Waals surface area contributed by atoms with E-state index < -0.39 is 6.03 Å². The van der Waals surface area contributed by atoms with Crippen LogP contribution < -0.4 is 16.2 Å². The van der Waals surface area contributed by atoms with E-state index >= 15 is 0 Å². The quantitative estimate of drug-likeness (QED) is 0.675. The number of hydrogen-bond donors (Lipinski definition) is 3. The van der Waals surface area contributed by atoms with Gasteiger partial charge in [-0.2, -0.15) is 0 Å². The summed E-state index contributed by atoms with van der Waals surface area (Å²) in [4.78, 5) is 46.1. The van der Waals surface area contributed by atoms with Crippen LogP contribution in [0.3, 0.4) is 0 Å². The van der Waals surface area contributed by atoms with Crippen molar-refractivity contribution in [3.8, 4) is 0 Å². The summed E-state index contributed by atoms with van der Waals surface area (Å²) in [5, 5.41) is 5.90. The SMILES string of the molecule is CC(C)N(CC(=O)NC(=O)N[C@H]1CCCC[C@H]1C)Cc1nc2ccccc2c(=O)[nH]1. The van der Waals surface area contributed by atoms with Gasteiger partial charge in [-0.3, -0.25) is 19.8 Å². The molecule has 2 atom stereocenters. The molecule has 1 aliphatic rings. The molecule has 30 heavy (non-hydrogen) atoms. The summed E-state index contributed by atoms with van der Waals surface area (Å²) >= 11 is 0. The predicted octanol–water partition coefficient (Wildman–Crippen LogP) is 2.54. The number of para-hydroxylation sites is 1. The smallest absolute Gasteiger partial charge is 0.321 e. The molecule has 0 unspecified atom stereocenters. The van der Waals surface area contributed by atoms with Crippen molar-refractivity contribution < 1.29 is 9.59 Å². The molecule has 0 aliphatic heterocycles. The Hall–Kier alpha value is -2.74. The van der Waals surface area contributed by atoms with E-state index in [0.717, 1.165) is 19.3 Å². The van der Waals surface area contributed by atoms with E-state index in [2.05, 4.69) is 27.5 Å². The van der Waals surface area contributed by atoms with Crippen molar-refractivity contribution in [1.29, 1.82) is 0 Å². The molecule has 8 nitrogen and oxygen atoms in total. The van der Waals surface area contributed by atoms with Crippen LogP contribution in [0.15, 0.2) is 29.1 Å². The lowest BCUT2D eigenvalue weighted by Crippen LogP contribution is -2.50. The summed E-state index contributed by atoms with van der Waals surface area (Å²) in [7, 11) is 0. The van der Waals surface area contributed by atoms with E-state index in [1.54, 1.807) is 18.2 Å². The summed E-state index contributed by atoms with van der Waals surface area (Å²) in [6.45, 7) is 6.37. The van der Waals surface area contributed by atoms with Gasteiger partial charge in [0.2, 0.25) is 5.91 Å². The Labute approximate surface area is 176 Å². The Kier molecular flexibility index (Phi) is 7.20. The van der Waals surface area contributed by atoms with Crippen molar-refractivity contribution in [2.24, 2.45) is 5.92 Å². The molecule has 3 rings (SSSR count). The van der Waals surface area contributed by atoms with E-state index in [1.165, 1.54) is 6.42 Å². The summed E-state index contributed by atoms with van der Waals surface area (Å²) < 4.78 is 0. The molecule has 0 radical (unpaired) electrons. The van der Waals surface area contributed by atoms with Crippen LogP contribution in [0.4, 0.5) is 4.79 Å². The second kappa shape index (κ2) is 9.84. The van der Waals surface area contributed by atoms with Crippen LogP contribution in [0.5, 0.6) is 0 Å². The zero-order chi connectivity index (χ0) is 21.7. The molecule has 0 bridgehead atoms. The van der Waals surface area contributed by atoms with Gasteiger partial charge in [0.1, 0.15) is 5.82 Å². The number of amides is 3. The lowest BCUT2D eigenvalue weighted by atomic mass is 9.86. The van der Waals surface area contributed by atoms with Gasteiger partial charge in [-0.25, -0.2) is 9.78 Å². The number of nitrogens with zero attached hydrogens (tertiary/aromatic N) is 2. The fraction of sp³-hybridized carbons (Fsp3) is 0.545. The van der Waals surface area contributed by atoms with E-state index in [-0.39, 0.29) is 30.1 Å². The highest BCUT2D eigenvalue weighted by Gasteiger charge is 2.24. The average Bonchev–Trinajstić information content (AvgIpc) is 2.69. The molecule has 1 aliphatic carbocycles. The van der Waals surface area contributed by atoms with Gasteiger partial charge in [0.05, 0.1) is 24.0 Å². The molecule has 1 saturated carbocycles. The molecule has 1 aromatic carbocycles. The second-order valence-corrected chi connectivity index (χ2v) is 8.42. The predicted molar refractivity (Wildman–Crippen MR) is 116 cm³/mol. The average molecular weight is 414 g/mol. The number of urea groups is 1. The highest BCUT2D eigenvalue weighted by molar-refractivity contribution is 5.95. The van der Waals surface area contributed by atoms with E-state index in [0.29, 0.717) is 29.2 Å². The van der Waals surface area contributed by atoms with Crippen molar-refractivity contribution in [1.82, 2.24) is 25.5 Å². The van der Waals surface area contributed by atoms with Crippen LogP contribution in [0.2, 0.25) is 0 Å². The molecule has 1 aromatic heterocycles. The van der Waals surface area contributed by atoms with Gasteiger partial charge in [-0.15, -0.1) is 0 Å². The third-order valence-electron chi connectivity index (χ3n) is 5.77. The first-order valence-electron chi connectivity index (χ1n) is 10.7. The summed E-state index contributed by atoms with van der Waals surface area (Å²) in [5.41, 5.74) is 0.412. The topological polar surface area (TPSA) is 107 Å². The number of rotatable bonds is 6. The van der Waals surface area contributed by atoms with Crippen LogP contribution >= 0.6 is 0 Å². The summed E-state index contributed by atoms with van der Waals surface area (Å²) in [6, 6.07) is 6.83. The summed E-state index contributed by atoms with van der Waals surface area (Å²) in [6.07, 6.45) is 4.33. The molecule has 0 saturated heterocycles. The van der Waals surface area contributed by atoms with Crippen LogP contribution in [0, 0.1) is 5.92 Å². The van der Waals surface area contributed by atoms with Crippen molar-refractivity contribution in [3.63, 3.8) is 0 Å². The van der Waals surface area contributed by atoms with Gasteiger partial charge in [0.25, 0.3) is 5.56 Å². The minimum Gasteiger partial charge on any atom is -0.335 e. The lowest BCUT2D eigenvalue weighted by molar-refractivity contribution is -0.121. The minimum absolute atomic E-state index is 0.0222. The molecule has 162 valence electrons. The number of nitrogens with one attached hydrogen (secondary N) is 3. The number of imide groups is 1. The molecular formula is C22H31N5O3. The third-order valence-corrected chi connectivity index (χ3v) is 5.77. The molecule has 1 heterocycles. The number of benzene rings is 1. The van der Waals surface area contributed by atoms with Crippen LogP contribution in [0.25, 0.3) is 10.9 Å². The van der Waals surface area contributed by atoms with E-state index in [1.807, 2.05) is 24.8 Å². The first-order valence-corrected chi connectivity index (χ1v) is 10.7. The molecule has 1 fully saturated rings. The number of fused-ring (bicyclic) bond motifs is 1. The number of aromatic nitrogens is 2. The van der Waals surface area contributed by atoms with Crippen molar-refractivity contribution >= 4 is 22.8 Å². The Morgan fingerprint density at radius 3 is 2.70 bits per heavy atom. The molecule has 0 spiro atoms. The number of H-pyrrole nitrogens is 1. The third kappa shape index (κ3) is 5.66. The van der Waals surface area contributed by atoms with Crippen LogP contribution in [-0.2, 0) is 11.3 Å². The van der Waals surface area contributed by atoms with Gasteiger partial charge < -0.3 is 10.3 Å². The molecule has 8 heteroatoms. The second-order valence-electron chi connectivity index (χ2n) is 8.42. The number of aromatic amines is 1. The van der Waals surface area contributed by atoms with Crippen LogP contribution in [0.1, 0.15) is 52.3 Å². The number of carbonyl (C=O) groups is 2. The van der Waals surface area contributed by atoms with Crippen molar-refractivity contribution in [3.05, 3.63) is 40.4 Å². The van der Waals surface area contributed by atoms with E-state index in [4.69, 9.17) is 0 Å². The van der Waals surface area contributed by atoms with Gasteiger partial charge in [-0.05, 0) is 44.7 Å². The van der Waals surface area contributed by atoms with Crippen LogP contribution in [-0.4, -0.2) is 45.4 Å². The lowest BCUT2D eigenvalue weighted by Gasteiger charge is -2.29. The fourth-order valence-corrected chi connectivity index (χ4v) is 3.91. The normalized spacial score (nSPS) is 19.2. The standard InChI is InChI=1S/C22H31N5O3/c1-14(2)27(12-19-23-18-11-7-5-9-16(18)21(29)25-19)13-20(28)26-22(30)24-17-10-6-4-8-15(17)3/h5,7,9,11,14-15,17H,4,6,8,10,12-13H2,1-3H3,(H,23,25,29)(H2,24,26,28,30)/t15-,17+/m1/s1. The summed E-state index contributed by atoms with van der Waals surface area (Å²) in [5.74, 6) is 0.524. The van der Waals surface area contributed by atoms with Crippen molar-refractivity contribution in [2.75, 3.05) is 6.54 Å². The van der Waals surface area contributed by atoms with Gasteiger partial charge in [-0.1, -0.05) is 31.9 Å². The Balaban J connectivity index is 1.60. The number of hydrogen-bond acceptors (Lipinski definition) is 5. The molecule has 3 N–H and O–H groups in total. The Bertz CT molecular complexity index is 955. The van der Waals surface area contributed by atoms with Gasteiger partial charge in [0, 0.05) is 12.1 Å². The maximum atomic E-state index is 12.5. The zero-order valence-corrected chi connectivity index (χ0v) is 17.9. The molecule has 3 amide bonds. The maximum Gasteiger partial charge on any atom is 0.321 e. The Morgan fingerprint density at radius 2 is 1.97 bits per heavy atom. The largest absolute Gasteiger partial charge is 0.335 e. The minimum atomic E-state index is -0.445. The molecular weight excluding hydrogens is 382 g/mol. The number of carbonyl (C=O) groups excluding carboxylic acids is 2. The van der Waals surface area contributed by atoms with Crippen molar-refractivity contribution in [2.45, 2.75) is 65.1 Å². The van der Waals surface area contributed by atoms with Gasteiger partial charge in [0.15, 0.2) is 0 Å². The zero-order valence-electron chi connectivity index (χ0n) is 17.9. The Morgan fingerprint density at radius 1 is 1.23 bits per heavy atom. The highest BCUT2D eigenvalue weighted by Crippen LogP contribution is 2.23. The molecule has 2 aromatic rings.